The summed E-state index contributed by atoms with van der Waals surface area (Å²) in [4.78, 5) is 24.3. The van der Waals surface area contributed by atoms with Crippen molar-refractivity contribution in [2.45, 2.75) is 33.2 Å². The number of likely N-dealkylation sites (tertiary alicyclic amines) is 1. The fraction of sp³-hybridized carbons (Fsp3) is 0.818. The van der Waals surface area contributed by atoms with Gasteiger partial charge in [-0.2, -0.15) is 0 Å². The lowest BCUT2D eigenvalue weighted by Crippen LogP contribution is -2.49. The first kappa shape index (κ1) is 13.0. The van der Waals surface area contributed by atoms with Gasteiger partial charge in [0.15, 0.2) is 0 Å². The topological polar surface area (TPSA) is 83.6 Å². The van der Waals surface area contributed by atoms with E-state index in [-0.39, 0.29) is 17.9 Å². The fourth-order valence-corrected chi connectivity index (χ4v) is 1.73. The van der Waals surface area contributed by atoms with Crippen LogP contribution in [0.4, 0.5) is 0 Å². The molecule has 3 N–H and O–H groups in total. The maximum Gasteiger partial charge on any atom is 0.308 e. The summed E-state index contributed by atoms with van der Waals surface area (Å²) in [5.41, 5.74) is 5.56. The van der Waals surface area contributed by atoms with Gasteiger partial charge in [-0.1, -0.05) is 20.8 Å². The smallest absolute Gasteiger partial charge is 0.308 e. The molecule has 0 aromatic rings. The molecule has 1 aliphatic rings. The molecule has 0 saturated carbocycles. The van der Waals surface area contributed by atoms with Gasteiger partial charge in [0.25, 0.3) is 0 Å². The molecule has 1 saturated heterocycles. The average Bonchev–Trinajstić information content (AvgIpc) is 2.62. The fourth-order valence-electron chi connectivity index (χ4n) is 1.73. The summed E-state index contributed by atoms with van der Waals surface area (Å²) in [7, 11) is 0. The summed E-state index contributed by atoms with van der Waals surface area (Å²) < 4.78 is 0. The lowest BCUT2D eigenvalue weighted by molar-refractivity contribution is -0.141. The molecule has 1 aliphatic heterocycles. The number of carbonyl (C=O) groups excluding carboxylic acids is 1. The first-order valence-electron chi connectivity index (χ1n) is 5.50. The minimum absolute atomic E-state index is 0.142. The van der Waals surface area contributed by atoms with E-state index in [0.717, 1.165) is 0 Å². The molecule has 0 radical (unpaired) electrons. The minimum Gasteiger partial charge on any atom is -0.481 e. The number of carboxylic acids is 1. The molecule has 2 atom stereocenters. The van der Waals surface area contributed by atoms with E-state index in [9.17, 15) is 9.59 Å². The lowest BCUT2D eigenvalue weighted by atomic mass is 9.86. The van der Waals surface area contributed by atoms with E-state index in [1.165, 1.54) is 0 Å². The zero-order valence-corrected chi connectivity index (χ0v) is 10.1. The zero-order chi connectivity index (χ0) is 12.5. The highest BCUT2D eigenvalue weighted by Gasteiger charge is 2.36. The molecule has 1 fully saturated rings. The van der Waals surface area contributed by atoms with Gasteiger partial charge in [-0.3, -0.25) is 9.59 Å². The van der Waals surface area contributed by atoms with E-state index in [0.29, 0.717) is 13.0 Å². The Morgan fingerprint density at radius 3 is 2.38 bits per heavy atom. The molecule has 0 aliphatic carbocycles. The summed E-state index contributed by atoms with van der Waals surface area (Å²) in [6, 6.07) is -0.569. The maximum atomic E-state index is 12.0. The maximum absolute atomic E-state index is 12.0. The van der Waals surface area contributed by atoms with Gasteiger partial charge in [-0.25, -0.2) is 0 Å². The molecular weight excluding hydrogens is 208 g/mol. The Bertz CT molecular complexity index is 296. The normalized spacial score (nSPS) is 23.2. The standard InChI is InChI=1S/C11H20N2O3/c1-11(2,3)8(12)9(14)13-5-4-7(6-13)10(15)16/h7-8H,4-6,12H2,1-3H3,(H,15,16)/t7?,8-/m1/s1. The molecule has 1 unspecified atom stereocenters. The van der Waals surface area contributed by atoms with E-state index < -0.39 is 17.9 Å². The second-order valence-electron chi connectivity index (χ2n) is 5.45. The largest absolute Gasteiger partial charge is 0.481 e. The number of nitrogens with zero attached hydrogens (tertiary/aromatic N) is 1. The van der Waals surface area contributed by atoms with Crippen molar-refractivity contribution in [2.75, 3.05) is 13.1 Å². The van der Waals surface area contributed by atoms with Gasteiger partial charge in [-0.15, -0.1) is 0 Å². The van der Waals surface area contributed by atoms with Crippen molar-refractivity contribution < 1.29 is 14.7 Å². The third kappa shape index (κ3) is 2.72. The first-order chi connectivity index (χ1) is 7.23. The van der Waals surface area contributed by atoms with Crippen LogP contribution in [0.2, 0.25) is 0 Å². The summed E-state index contributed by atoms with van der Waals surface area (Å²) in [5.74, 6) is -1.41. The molecule has 0 aromatic heterocycles. The second-order valence-corrected chi connectivity index (χ2v) is 5.45. The van der Waals surface area contributed by atoms with Crippen LogP contribution in [0.15, 0.2) is 0 Å². The highest BCUT2D eigenvalue weighted by Crippen LogP contribution is 2.23. The van der Waals surface area contributed by atoms with Crippen LogP contribution in [0.5, 0.6) is 0 Å². The molecule has 0 aromatic carbocycles. The number of carboxylic acid groups (broad SMARTS) is 1. The summed E-state index contributed by atoms with van der Waals surface area (Å²) in [6.45, 7) is 6.50. The van der Waals surface area contributed by atoms with Gasteiger partial charge in [0.05, 0.1) is 12.0 Å². The average molecular weight is 228 g/mol. The molecular formula is C11H20N2O3. The van der Waals surface area contributed by atoms with Gasteiger partial charge in [-0.05, 0) is 11.8 Å². The number of hydrogen-bond acceptors (Lipinski definition) is 3. The predicted octanol–water partition coefficient (Wildman–Crippen LogP) is 0.293. The Morgan fingerprint density at radius 1 is 1.44 bits per heavy atom. The van der Waals surface area contributed by atoms with Crippen LogP contribution in [0.1, 0.15) is 27.2 Å². The van der Waals surface area contributed by atoms with Crippen LogP contribution in [0.3, 0.4) is 0 Å². The monoisotopic (exact) mass is 228 g/mol. The lowest BCUT2D eigenvalue weighted by Gasteiger charge is -2.29. The third-order valence-corrected chi connectivity index (χ3v) is 3.05. The number of aliphatic carboxylic acids is 1. The summed E-state index contributed by atoms with van der Waals surface area (Å²) in [5, 5.41) is 8.84. The van der Waals surface area contributed by atoms with Gasteiger partial charge in [0.1, 0.15) is 0 Å². The number of amides is 1. The van der Waals surface area contributed by atoms with E-state index in [1.54, 1.807) is 4.90 Å². The molecule has 0 spiro atoms. The molecule has 92 valence electrons. The van der Waals surface area contributed by atoms with Crippen molar-refractivity contribution in [1.29, 1.82) is 0 Å². The van der Waals surface area contributed by atoms with Gasteiger partial charge >= 0.3 is 5.97 Å². The molecule has 0 bridgehead atoms. The minimum atomic E-state index is -0.834. The highest BCUT2D eigenvalue weighted by atomic mass is 16.4. The van der Waals surface area contributed by atoms with E-state index in [4.69, 9.17) is 10.8 Å². The van der Waals surface area contributed by atoms with Gasteiger partial charge in [0, 0.05) is 13.1 Å². The molecule has 1 amide bonds. The van der Waals surface area contributed by atoms with Crippen LogP contribution in [-0.4, -0.2) is 41.0 Å². The van der Waals surface area contributed by atoms with Crippen molar-refractivity contribution in [2.24, 2.45) is 17.1 Å². The Labute approximate surface area is 95.6 Å². The Kier molecular flexibility index (Phi) is 3.57. The van der Waals surface area contributed by atoms with Crippen molar-refractivity contribution in [3.05, 3.63) is 0 Å². The van der Waals surface area contributed by atoms with Crippen molar-refractivity contribution in [1.82, 2.24) is 4.90 Å². The first-order valence-corrected chi connectivity index (χ1v) is 5.50. The van der Waals surface area contributed by atoms with Crippen molar-refractivity contribution >= 4 is 11.9 Å². The van der Waals surface area contributed by atoms with Crippen molar-refractivity contribution in [3.8, 4) is 0 Å². The summed E-state index contributed by atoms with van der Waals surface area (Å²) >= 11 is 0. The Balaban J connectivity index is 2.61. The summed E-state index contributed by atoms with van der Waals surface area (Å²) in [6.07, 6.45) is 0.526. The number of rotatable bonds is 2. The van der Waals surface area contributed by atoms with Crippen LogP contribution < -0.4 is 5.73 Å². The number of carbonyl (C=O) groups is 2. The predicted molar refractivity (Wildman–Crippen MR) is 59.8 cm³/mol. The molecule has 1 rings (SSSR count). The van der Waals surface area contributed by atoms with E-state index in [2.05, 4.69) is 0 Å². The van der Waals surface area contributed by atoms with E-state index in [1.807, 2.05) is 20.8 Å². The number of hydrogen-bond donors (Lipinski definition) is 2. The second kappa shape index (κ2) is 4.41. The quantitative estimate of drug-likeness (QED) is 0.711. The van der Waals surface area contributed by atoms with Crippen LogP contribution in [0, 0.1) is 11.3 Å². The Hall–Kier alpha value is -1.10. The molecule has 5 heteroatoms. The van der Waals surface area contributed by atoms with Gasteiger partial charge < -0.3 is 15.7 Å². The van der Waals surface area contributed by atoms with Crippen LogP contribution in [0.25, 0.3) is 0 Å². The molecule has 1 heterocycles. The highest BCUT2D eigenvalue weighted by molar-refractivity contribution is 5.83. The molecule has 5 nitrogen and oxygen atoms in total. The SMILES string of the molecule is CC(C)(C)[C@H](N)C(=O)N1CCC(C(=O)O)C1. The number of nitrogens with two attached hydrogens (primary N) is 1. The molecule has 16 heavy (non-hydrogen) atoms. The van der Waals surface area contributed by atoms with Crippen LogP contribution >= 0.6 is 0 Å². The van der Waals surface area contributed by atoms with E-state index >= 15 is 0 Å². The Morgan fingerprint density at radius 2 is 2.00 bits per heavy atom. The third-order valence-electron chi connectivity index (χ3n) is 3.05. The zero-order valence-electron chi connectivity index (χ0n) is 10.1. The van der Waals surface area contributed by atoms with Crippen LogP contribution in [-0.2, 0) is 9.59 Å². The van der Waals surface area contributed by atoms with Gasteiger partial charge in [0.2, 0.25) is 5.91 Å². The van der Waals surface area contributed by atoms with Crippen molar-refractivity contribution in [3.63, 3.8) is 0 Å².